The summed E-state index contributed by atoms with van der Waals surface area (Å²) >= 11 is 0. The first-order valence-electron chi connectivity index (χ1n) is 55.8. The van der Waals surface area contributed by atoms with E-state index in [1.54, 1.807) is 32.3 Å². The minimum absolute atomic E-state index is 0.00279. The fourth-order valence-electron chi connectivity index (χ4n) is 24.8. The van der Waals surface area contributed by atoms with Crippen LogP contribution in [0.2, 0.25) is 0 Å². The molecule has 790 valence electrons. The van der Waals surface area contributed by atoms with Gasteiger partial charge in [-0.2, -0.15) is 0 Å². The number of allylic oxidation sites excluding steroid dienone is 2. The van der Waals surface area contributed by atoms with Crippen LogP contribution in [0.15, 0.2) is 23.3 Å². The lowest BCUT2D eigenvalue weighted by Crippen LogP contribution is -2.51. The molecule has 6 saturated carbocycles. The lowest BCUT2D eigenvalue weighted by molar-refractivity contribution is -0.121. The van der Waals surface area contributed by atoms with Gasteiger partial charge in [0.05, 0.1) is 92.0 Å². The molecular weight excluding hydrogens is 1700 g/mol. The van der Waals surface area contributed by atoms with Crippen LogP contribution in [0.25, 0.3) is 0 Å². The van der Waals surface area contributed by atoms with Crippen LogP contribution in [-0.4, -0.2) is 224 Å². The van der Waals surface area contributed by atoms with Crippen molar-refractivity contribution in [1.82, 2.24) is 16.0 Å². The first-order chi connectivity index (χ1) is 65.3. The molecule has 0 aromatic rings. The van der Waals surface area contributed by atoms with Crippen molar-refractivity contribution in [2.24, 2.45) is 92.7 Å². The van der Waals surface area contributed by atoms with E-state index in [0.717, 1.165) is 193 Å². The summed E-state index contributed by atoms with van der Waals surface area (Å²) in [5.41, 5.74) is 4.77. The first-order valence-corrected chi connectivity index (χ1v) is 55.8. The van der Waals surface area contributed by atoms with E-state index in [4.69, 9.17) is 71.8 Å². The maximum atomic E-state index is 12.6. The van der Waals surface area contributed by atoms with Gasteiger partial charge in [-0.3, -0.25) is 9.59 Å². The molecule has 22 heteroatoms. The highest BCUT2D eigenvalue weighted by atomic mass is 16.6. The molecule has 0 heterocycles. The van der Waals surface area contributed by atoms with Gasteiger partial charge in [0.2, 0.25) is 5.91 Å². The Morgan fingerprint density at radius 3 is 1.21 bits per heavy atom. The molecule has 8 aliphatic carbocycles. The van der Waals surface area contributed by atoms with Crippen molar-refractivity contribution in [2.45, 2.75) is 417 Å². The molecule has 0 radical (unpaired) electrons. The number of methoxy groups -OCH3 is 2. The number of fused-ring (bicyclic) bond motifs is 10. The number of nitrogens with one attached hydrogen (secondary N) is 3. The first kappa shape index (κ1) is 122. The lowest BCUT2D eigenvalue weighted by Gasteiger charge is -2.58. The average molecular weight is 1910 g/mol. The summed E-state index contributed by atoms with van der Waals surface area (Å²) in [7, 11) is 3.31. The third-order valence-electron chi connectivity index (χ3n) is 32.5. The minimum atomic E-state index is -0.415. The molecule has 0 saturated heterocycles. The summed E-state index contributed by atoms with van der Waals surface area (Å²) in [6.07, 6.45) is 57.8. The quantitative estimate of drug-likeness (QED) is 0.0280. The molecule has 0 bridgehead atoms. The summed E-state index contributed by atoms with van der Waals surface area (Å²) in [5, 5.41) is 26.7. The highest BCUT2D eigenvalue weighted by Gasteiger charge is 2.61. The SMILES string of the molecule is CCCCCCCCCCC(=O)NCCCOCC(C)O.CCCOCCOCCOCCCNC(=O)O[C@@H]1CC[C@]2(C)C(=CCC3C4CCC(C(C)CCCC(C)C)[C@]4(C)CCC32)C1.CCOCCOCCOCCOCCCNC(=O)O[C@H]1CC[C@@]2(C)C(=CCC3C2CC[C@@]2(C)C3CC[C@@H]2[C@H](C)CCCC(C)C)C1.COCCCCCCCCCC(=O)CCCCOCC(CO)OC. The third kappa shape index (κ3) is 47.4. The largest absolute Gasteiger partial charge is 0.446 e. The van der Waals surface area contributed by atoms with Crippen molar-refractivity contribution in [3.8, 4) is 0 Å². The van der Waals surface area contributed by atoms with Crippen LogP contribution in [0.3, 0.4) is 0 Å². The number of carbonyl (C=O) groups is 4. The number of aliphatic hydroxyl groups is 2. The van der Waals surface area contributed by atoms with Crippen LogP contribution in [-0.2, 0) is 71.2 Å². The second-order valence-corrected chi connectivity index (χ2v) is 43.7. The molecule has 0 aromatic carbocycles. The van der Waals surface area contributed by atoms with Crippen molar-refractivity contribution in [1.29, 1.82) is 0 Å². The molecule has 5 N–H and O–H groups in total. The molecule has 135 heavy (non-hydrogen) atoms. The Morgan fingerprint density at radius 1 is 0.393 bits per heavy atom. The summed E-state index contributed by atoms with van der Waals surface area (Å²) in [6.45, 7) is 46.2. The van der Waals surface area contributed by atoms with E-state index >= 15 is 0 Å². The molecule has 0 aromatic heterocycles. The fourth-order valence-corrected chi connectivity index (χ4v) is 24.8. The maximum Gasteiger partial charge on any atom is 0.407 e. The highest BCUT2D eigenvalue weighted by molar-refractivity contribution is 5.78. The van der Waals surface area contributed by atoms with Crippen molar-refractivity contribution in [3.63, 3.8) is 0 Å². The lowest BCUT2D eigenvalue weighted by atomic mass is 9.47. The van der Waals surface area contributed by atoms with Gasteiger partial charge in [-0.15, -0.1) is 0 Å². The number of hydrogen-bond donors (Lipinski definition) is 5. The molecule has 10 unspecified atom stereocenters. The standard InChI is InChI=1S/C39H69NO6.C38H67NO5.C19H38O5.C17H35NO3/c1-7-42-22-23-44-26-27-45-25-24-43-21-9-20-40-37(41)46-32-16-18-38(5)31(28-32)12-13-33-35-15-14-34(30(4)11-8-10-29(2)3)39(35,6)19-17-36(33)38;1-7-21-41-23-25-43-26-24-42-22-9-20-39-36(40)44-31-16-18-37(5)30(27-31)12-13-32-34-15-14-33(29(4)11-8-10-28(2)3)38(34,6)19-17-35(32)37;1-22-14-10-7-5-3-4-6-8-12-18(21)13-9-11-15-24-17-19(16-20)23-2;1-3-4-5-6-7-8-9-10-12-17(20)18-13-11-14-21-15-16(2)19/h12,29-30,32-36H,7-11,13-28H2,1-6H3,(H,40,41);12,28-29,31-35H,7-11,13-27H2,1-6H3,(H,39,40);19-20H,3-17H2,1-2H3;16,19H,3-15H2,1-2H3,(H,18,20)/t30-,32+,33?,34-,35?,36?,38+,39-;29?,31-,32?,33?,34?,35?,37-,38+;;/m11../s1. The Balaban J connectivity index is 0.000000336. The average Bonchev–Trinajstić information content (AvgIpc) is 1.39. The molecule has 0 aliphatic heterocycles. The number of ketones is 1. The number of alkyl carbamates (subject to hydrolysis) is 2. The van der Waals surface area contributed by atoms with Crippen molar-refractivity contribution in [2.75, 3.05) is 166 Å². The Labute approximate surface area is 825 Å². The molecule has 0 spiro atoms. The van der Waals surface area contributed by atoms with Crippen molar-refractivity contribution < 1.29 is 91.0 Å². The predicted molar refractivity (Wildman–Crippen MR) is 547 cm³/mol. The monoisotopic (exact) mass is 1910 g/mol. The van der Waals surface area contributed by atoms with Gasteiger partial charge >= 0.3 is 12.2 Å². The Bertz CT molecular complexity index is 3060. The summed E-state index contributed by atoms with van der Waals surface area (Å²) in [4.78, 5) is 48.5. The highest BCUT2D eigenvalue weighted by Crippen LogP contribution is 2.69. The van der Waals surface area contributed by atoms with E-state index < -0.39 is 6.10 Å². The molecule has 3 amide bonds. The Hall–Kier alpha value is -3.36. The fraction of sp³-hybridized carbons (Fsp3) is 0.929. The van der Waals surface area contributed by atoms with Gasteiger partial charge in [0.1, 0.15) is 24.1 Å². The van der Waals surface area contributed by atoms with E-state index in [1.165, 1.54) is 173 Å². The van der Waals surface area contributed by atoms with E-state index in [9.17, 15) is 19.2 Å². The summed E-state index contributed by atoms with van der Waals surface area (Å²) in [5.74, 6) is 10.7. The number of unbranched alkanes of at least 4 members (excludes halogenated alkanes) is 14. The van der Waals surface area contributed by atoms with Gasteiger partial charge in [-0.1, -0.05) is 222 Å². The Morgan fingerprint density at radius 2 is 0.785 bits per heavy atom. The van der Waals surface area contributed by atoms with E-state index in [2.05, 4.69) is 111 Å². The molecular formula is C113H209N3O19. The molecule has 8 aliphatic rings. The number of ether oxygens (including phenoxy) is 13. The van der Waals surface area contributed by atoms with Crippen LogP contribution < -0.4 is 16.0 Å². The zero-order valence-corrected chi connectivity index (χ0v) is 89.5. The smallest absolute Gasteiger partial charge is 0.407 e. The zero-order chi connectivity index (χ0) is 98.2. The van der Waals surface area contributed by atoms with Gasteiger partial charge in [-0.25, -0.2) is 9.59 Å². The molecule has 8 rings (SSSR count). The van der Waals surface area contributed by atoms with Crippen molar-refractivity contribution in [3.05, 3.63) is 23.3 Å². The van der Waals surface area contributed by atoms with Crippen LogP contribution in [0.1, 0.15) is 392 Å². The topological polar surface area (TPSA) is 265 Å². The van der Waals surface area contributed by atoms with Gasteiger partial charge in [0, 0.05) is 112 Å². The normalized spacial score (nSPS) is 26.3. The minimum Gasteiger partial charge on any atom is -0.446 e. The number of rotatable bonds is 72. The third-order valence-corrected chi connectivity index (χ3v) is 32.5. The van der Waals surface area contributed by atoms with Gasteiger partial charge in [-0.05, 0) is 254 Å². The van der Waals surface area contributed by atoms with Crippen LogP contribution in [0.5, 0.6) is 0 Å². The second kappa shape index (κ2) is 72.8. The number of amides is 3. The molecule has 6 fully saturated rings. The van der Waals surface area contributed by atoms with Crippen LogP contribution in [0, 0.1) is 92.7 Å². The zero-order valence-electron chi connectivity index (χ0n) is 89.5. The summed E-state index contributed by atoms with van der Waals surface area (Å²) in [6, 6.07) is 0. The van der Waals surface area contributed by atoms with E-state index in [0.29, 0.717) is 161 Å². The van der Waals surface area contributed by atoms with E-state index in [-0.39, 0.29) is 53.8 Å². The predicted octanol–water partition coefficient (Wildman–Crippen LogP) is 24.5. The van der Waals surface area contributed by atoms with Crippen molar-refractivity contribution >= 4 is 23.9 Å². The van der Waals surface area contributed by atoms with E-state index in [1.807, 2.05) is 6.92 Å². The maximum absolute atomic E-state index is 12.6. The Kier molecular flexibility index (Phi) is 65.9. The number of Topliss-reactive ketones (excluding diaryl/α,β-unsaturated/α-hetero) is 1. The molecule has 18 atom stereocenters. The summed E-state index contributed by atoms with van der Waals surface area (Å²) < 4.78 is 70.8. The number of hydrogen-bond acceptors (Lipinski definition) is 19. The van der Waals surface area contributed by atoms with Gasteiger partial charge in [0.15, 0.2) is 0 Å². The molecule has 22 nitrogen and oxygen atoms in total. The van der Waals surface area contributed by atoms with Gasteiger partial charge < -0.3 is 87.7 Å². The second-order valence-electron chi connectivity index (χ2n) is 43.7. The number of aliphatic hydroxyl groups excluding tert-OH is 2. The van der Waals surface area contributed by atoms with Crippen LogP contribution in [0.4, 0.5) is 9.59 Å². The number of carbonyl (C=O) groups excluding carboxylic acids is 4. The van der Waals surface area contributed by atoms with Crippen LogP contribution >= 0.6 is 0 Å². The van der Waals surface area contributed by atoms with Gasteiger partial charge in [0.25, 0.3) is 0 Å².